The number of nitrogens with zero attached hydrogens (tertiary/aromatic N) is 2. The van der Waals surface area contributed by atoms with Crippen LogP contribution >= 0.6 is 0 Å². The van der Waals surface area contributed by atoms with Crippen LogP contribution in [0.4, 0.5) is 0 Å². The minimum absolute atomic E-state index is 0.916. The molecule has 1 heterocycles. The standard InChI is InChI=1S/C10H14N2.2C2H6/c1-3-5-8-12-9-6-7-11-10(12)4-2;2*1-2/h3-5,8H,1-2,6-7,9H2;2*1-2H3/b8-5-;;. The van der Waals surface area contributed by atoms with Gasteiger partial charge in [0.05, 0.1) is 0 Å². The Morgan fingerprint density at radius 2 is 1.81 bits per heavy atom. The fourth-order valence-electron chi connectivity index (χ4n) is 1.14. The molecular formula is C14H26N2. The van der Waals surface area contributed by atoms with E-state index in [1.807, 2.05) is 40.0 Å². The van der Waals surface area contributed by atoms with Gasteiger partial charge in [0.15, 0.2) is 0 Å². The van der Waals surface area contributed by atoms with Crippen LogP contribution in [0, 0.1) is 0 Å². The Hall–Kier alpha value is -1.31. The van der Waals surface area contributed by atoms with Gasteiger partial charge in [0.2, 0.25) is 0 Å². The minimum atomic E-state index is 0.916. The molecule has 1 aliphatic rings. The van der Waals surface area contributed by atoms with E-state index >= 15 is 0 Å². The highest BCUT2D eigenvalue weighted by atomic mass is 15.2. The second-order valence-electron chi connectivity index (χ2n) is 2.57. The molecule has 0 spiro atoms. The van der Waals surface area contributed by atoms with Gasteiger partial charge < -0.3 is 4.90 Å². The van der Waals surface area contributed by atoms with E-state index in [0.717, 1.165) is 25.3 Å². The monoisotopic (exact) mass is 222 g/mol. The highest BCUT2D eigenvalue weighted by Crippen LogP contribution is 2.04. The Bertz CT molecular complexity index is 227. The third kappa shape index (κ3) is 7.04. The van der Waals surface area contributed by atoms with E-state index in [4.69, 9.17) is 0 Å². The number of hydrogen-bond acceptors (Lipinski definition) is 2. The van der Waals surface area contributed by atoms with Crippen molar-refractivity contribution in [3.8, 4) is 0 Å². The summed E-state index contributed by atoms with van der Waals surface area (Å²) in [4.78, 5) is 6.40. The summed E-state index contributed by atoms with van der Waals surface area (Å²) in [6, 6.07) is 0. The van der Waals surface area contributed by atoms with Crippen LogP contribution < -0.4 is 0 Å². The summed E-state index contributed by atoms with van der Waals surface area (Å²) in [6.07, 6.45) is 8.54. The molecule has 0 fully saturated rings. The van der Waals surface area contributed by atoms with Crippen LogP contribution in [0.25, 0.3) is 0 Å². The van der Waals surface area contributed by atoms with Crippen molar-refractivity contribution in [1.29, 1.82) is 0 Å². The maximum Gasteiger partial charge on any atom is 0.126 e. The third-order valence-corrected chi connectivity index (χ3v) is 1.71. The first-order chi connectivity index (χ1) is 7.88. The van der Waals surface area contributed by atoms with Crippen molar-refractivity contribution in [3.63, 3.8) is 0 Å². The maximum atomic E-state index is 4.32. The van der Waals surface area contributed by atoms with E-state index in [1.165, 1.54) is 0 Å². The predicted molar refractivity (Wildman–Crippen MR) is 75.9 cm³/mol. The third-order valence-electron chi connectivity index (χ3n) is 1.71. The smallest absolute Gasteiger partial charge is 0.126 e. The van der Waals surface area contributed by atoms with Gasteiger partial charge in [-0.05, 0) is 18.6 Å². The SMILES string of the molecule is C=C/C=C\N1CCCN=C1C=C.CC.CC. The molecule has 0 aromatic heterocycles. The molecule has 92 valence electrons. The number of rotatable bonds is 3. The lowest BCUT2D eigenvalue weighted by Gasteiger charge is -2.23. The van der Waals surface area contributed by atoms with E-state index in [9.17, 15) is 0 Å². The lowest BCUT2D eigenvalue weighted by Crippen LogP contribution is -2.29. The van der Waals surface area contributed by atoms with Crippen molar-refractivity contribution in [2.24, 2.45) is 4.99 Å². The predicted octanol–water partition coefficient (Wildman–Crippen LogP) is 4.03. The van der Waals surface area contributed by atoms with Gasteiger partial charge in [0.1, 0.15) is 5.84 Å². The van der Waals surface area contributed by atoms with Crippen molar-refractivity contribution in [2.75, 3.05) is 13.1 Å². The van der Waals surface area contributed by atoms with Gasteiger partial charge in [-0.1, -0.05) is 46.9 Å². The minimum Gasteiger partial charge on any atom is -0.333 e. The Balaban J connectivity index is 0. The van der Waals surface area contributed by atoms with Crippen LogP contribution in [-0.2, 0) is 0 Å². The summed E-state index contributed by atoms with van der Waals surface area (Å²) in [5.41, 5.74) is 0. The van der Waals surface area contributed by atoms with Crippen LogP contribution in [0.3, 0.4) is 0 Å². The molecule has 0 radical (unpaired) electrons. The van der Waals surface area contributed by atoms with Gasteiger partial charge in [-0.25, -0.2) is 0 Å². The molecule has 0 saturated heterocycles. The molecule has 2 nitrogen and oxygen atoms in total. The molecule has 0 aromatic carbocycles. The molecular weight excluding hydrogens is 196 g/mol. The molecule has 0 saturated carbocycles. The molecule has 2 heteroatoms. The van der Waals surface area contributed by atoms with Crippen molar-refractivity contribution in [2.45, 2.75) is 34.1 Å². The first-order valence-electron chi connectivity index (χ1n) is 6.11. The average molecular weight is 222 g/mol. The zero-order valence-corrected chi connectivity index (χ0v) is 11.2. The lowest BCUT2D eigenvalue weighted by atomic mass is 10.3. The van der Waals surface area contributed by atoms with Gasteiger partial charge in [-0.2, -0.15) is 0 Å². The molecule has 1 aliphatic heterocycles. The summed E-state index contributed by atoms with van der Waals surface area (Å²) in [7, 11) is 0. The van der Waals surface area contributed by atoms with E-state index in [-0.39, 0.29) is 0 Å². The first-order valence-corrected chi connectivity index (χ1v) is 6.11. The fraction of sp³-hybridized carbons (Fsp3) is 0.500. The normalized spacial score (nSPS) is 14.0. The Labute approximate surface area is 101 Å². The van der Waals surface area contributed by atoms with Crippen LogP contribution in [0.1, 0.15) is 34.1 Å². The largest absolute Gasteiger partial charge is 0.333 e. The van der Waals surface area contributed by atoms with Crippen LogP contribution in [0.2, 0.25) is 0 Å². The van der Waals surface area contributed by atoms with E-state index in [2.05, 4.69) is 23.1 Å². The molecule has 0 aliphatic carbocycles. The molecule has 0 aromatic rings. The summed E-state index contributed by atoms with van der Waals surface area (Å²) < 4.78 is 0. The second-order valence-corrected chi connectivity index (χ2v) is 2.57. The van der Waals surface area contributed by atoms with E-state index < -0.39 is 0 Å². The van der Waals surface area contributed by atoms with Crippen LogP contribution in [0.15, 0.2) is 42.6 Å². The van der Waals surface area contributed by atoms with Gasteiger partial charge in [0.25, 0.3) is 0 Å². The summed E-state index contributed by atoms with van der Waals surface area (Å²) >= 11 is 0. The van der Waals surface area contributed by atoms with Gasteiger partial charge in [0, 0.05) is 19.3 Å². The van der Waals surface area contributed by atoms with Gasteiger partial charge >= 0.3 is 0 Å². The second kappa shape index (κ2) is 13.7. The lowest BCUT2D eigenvalue weighted by molar-refractivity contribution is 0.511. The Morgan fingerprint density at radius 3 is 2.31 bits per heavy atom. The summed E-state index contributed by atoms with van der Waals surface area (Å²) in [6.45, 7) is 17.3. The summed E-state index contributed by atoms with van der Waals surface area (Å²) in [5, 5.41) is 0. The van der Waals surface area contributed by atoms with Crippen molar-refractivity contribution in [3.05, 3.63) is 37.6 Å². The Kier molecular flexibility index (Phi) is 14.6. The number of amidine groups is 1. The maximum absolute atomic E-state index is 4.32. The zero-order valence-electron chi connectivity index (χ0n) is 11.2. The molecule has 0 unspecified atom stereocenters. The van der Waals surface area contributed by atoms with Crippen LogP contribution in [0.5, 0.6) is 0 Å². The molecule has 0 amide bonds. The number of allylic oxidation sites excluding steroid dienone is 2. The first kappa shape index (κ1) is 17.1. The quantitative estimate of drug-likeness (QED) is 0.658. The zero-order chi connectivity index (χ0) is 12.8. The topological polar surface area (TPSA) is 15.6 Å². The van der Waals surface area contributed by atoms with Gasteiger partial charge in [-0.3, -0.25) is 4.99 Å². The highest BCUT2D eigenvalue weighted by molar-refractivity contribution is 5.93. The number of aliphatic imine (C=N–C) groups is 1. The molecule has 0 bridgehead atoms. The Morgan fingerprint density at radius 1 is 1.19 bits per heavy atom. The fourth-order valence-corrected chi connectivity index (χ4v) is 1.14. The van der Waals surface area contributed by atoms with Crippen molar-refractivity contribution >= 4 is 5.84 Å². The van der Waals surface area contributed by atoms with Crippen LogP contribution in [-0.4, -0.2) is 23.8 Å². The van der Waals surface area contributed by atoms with Crippen molar-refractivity contribution < 1.29 is 0 Å². The highest BCUT2D eigenvalue weighted by Gasteiger charge is 2.07. The van der Waals surface area contributed by atoms with Gasteiger partial charge in [-0.15, -0.1) is 0 Å². The van der Waals surface area contributed by atoms with E-state index in [0.29, 0.717) is 0 Å². The van der Waals surface area contributed by atoms with E-state index in [1.54, 1.807) is 12.2 Å². The molecule has 0 N–H and O–H groups in total. The molecule has 0 atom stereocenters. The number of hydrogen-bond donors (Lipinski definition) is 0. The summed E-state index contributed by atoms with van der Waals surface area (Å²) in [5.74, 6) is 0.958. The van der Waals surface area contributed by atoms with Crippen molar-refractivity contribution in [1.82, 2.24) is 4.90 Å². The molecule has 1 rings (SSSR count). The average Bonchev–Trinajstić information content (AvgIpc) is 2.41. The molecule has 16 heavy (non-hydrogen) atoms.